The number of aromatic nitrogens is 2. The summed E-state index contributed by atoms with van der Waals surface area (Å²) in [5, 5.41) is 3.07. The van der Waals surface area contributed by atoms with Crippen LogP contribution in [0, 0.1) is 0 Å². The molecule has 1 atom stereocenters. The van der Waals surface area contributed by atoms with Crippen molar-refractivity contribution in [2.75, 3.05) is 7.11 Å². The van der Waals surface area contributed by atoms with E-state index in [1.807, 2.05) is 0 Å². The summed E-state index contributed by atoms with van der Waals surface area (Å²) in [7, 11) is 1.39. The third kappa shape index (κ3) is 1.42. The van der Waals surface area contributed by atoms with E-state index in [1.54, 1.807) is 6.33 Å². The number of ether oxygens (including phenoxy) is 1. The number of nitrogens with zero attached hydrogens (tertiary/aromatic N) is 1. The van der Waals surface area contributed by atoms with E-state index in [4.69, 9.17) is 0 Å². The highest BCUT2D eigenvalue weighted by molar-refractivity contribution is 5.76. The highest BCUT2D eigenvalue weighted by Gasteiger charge is 2.25. The summed E-state index contributed by atoms with van der Waals surface area (Å²) in [5.41, 5.74) is 2.01. The largest absolute Gasteiger partial charge is 0.468 e. The Morgan fingerprint density at radius 3 is 3.38 bits per heavy atom. The monoisotopic (exact) mass is 181 g/mol. The normalized spacial score (nSPS) is 20.8. The van der Waals surface area contributed by atoms with E-state index in [2.05, 4.69) is 20.0 Å². The first-order valence-electron chi connectivity index (χ1n) is 4.13. The minimum atomic E-state index is -0.249. The predicted octanol–water partition coefficient (Wildman–Crippen LogP) is -0.403. The molecule has 0 fully saturated rings. The Balaban J connectivity index is 2.13. The predicted molar refractivity (Wildman–Crippen MR) is 44.9 cm³/mol. The number of methoxy groups -OCH3 is 1. The molecular weight excluding hydrogens is 170 g/mol. The molecule has 1 aliphatic heterocycles. The van der Waals surface area contributed by atoms with E-state index in [-0.39, 0.29) is 12.0 Å². The average molecular weight is 181 g/mol. The molecule has 1 aliphatic rings. The molecule has 0 saturated heterocycles. The summed E-state index contributed by atoms with van der Waals surface area (Å²) < 4.78 is 4.64. The van der Waals surface area contributed by atoms with E-state index in [9.17, 15) is 4.79 Å². The molecule has 0 amide bonds. The van der Waals surface area contributed by atoms with Crippen LogP contribution in [0.1, 0.15) is 11.4 Å². The molecule has 1 aromatic rings. The van der Waals surface area contributed by atoms with Crippen molar-refractivity contribution < 1.29 is 9.53 Å². The first kappa shape index (κ1) is 8.25. The van der Waals surface area contributed by atoms with Crippen molar-refractivity contribution in [1.29, 1.82) is 0 Å². The Bertz CT molecular complexity index is 321. The number of esters is 1. The second-order valence-corrected chi connectivity index (χ2v) is 2.99. The van der Waals surface area contributed by atoms with E-state index >= 15 is 0 Å². The van der Waals surface area contributed by atoms with Gasteiger partial charge in [-0.05, 0) is 0 Å². The minimum absolute atomic E-state index is 0.228. The van der Waals surface area contributed by atoms with Crippen molar-refractivity contribution in [3.05, 3.63) is 17.7 Å². The quantitative estimate of drug-likeness (QED) is 0.578. The van der Waals surface area contributed by atoms with Crippen LogP contribution in [0.3, 0.4) is 0 Å². The fourth-order valence-electron chi connectivity index (χ4n) is 1.48. The lowest BCUT2D eigenvalue weighted by Crippen LogP contribution is -2.42. The van der Waals surface area contributed by atoms with Gasteiger partial charge < -0.3 is 9.72 Å². The van der Waals surface area contributed by atoms with Gasteiger partial charge in [0.15, 0.2) is 0 Å². The van der Waals surface area contributed by atoms with Crippen LogP contribution in [0.5, 0.6) is 0 Å². The van der Waals surface area contributed by atoms with Gasteiger partial charge in [0.25, 0.3) is 0 Å². The van der Waals surface area contributed by atoms with Crippen molar-refractivity contribution in [2.45, 2.75) is 19.0 Å². The lowest BCUT2D eigenvalue weighted by molar-refractivity contribution is -0.143. The Kier molecular flexibility index (Phi) is 2.02. The third-order valence-corrected chi connectivity index (χ3v) is 2.22. The summed E-state index contributed by atoms with van der Waals surface area (Å²) in [5.74, 6) is -0.228. The van der Waals surface area contributed by atoms with Crippen molar-refractivity contribution in [2.24, 2.45) is 0 Å². The Morgan fingerprint density at radius 1 is 1.77 bits per heavy atom. The molecule has 70 valence electrons. The van der Waals surface area contributed by atoms with Crippen LogP contribution in [0.15, 0.2) is 6.33 Å². The van der Waals surface area contributed by atoms with Gasteiger partial charge in [-0.1, -0.05) is 0 Å². The zero-order valence-electron chi connectivity index (χ0n) is 7.33. The summed E-state index contributed by atoms with van der Waals surface area (Å²) >= 11 is 0. The highest BCUT2D eigenvalue weighted by Crippen LogP contribution is 2.12. The van der Waals surface area contributed by atoms with Gasteiger partial charge in [0, 0.05) is 13.0 Å². The SMILES string of the molecule is COC(=O)C1Cc2nc[nH]c2CN1. The standard InChI is InChI=1S/C8H11N3O2/c1-13-8(12)6-2-5-7(3-9-6)11-4-10-5/h4,6,9H,2-3H2,1H3,(H,10,11). The molecule has 0 spiro atoms. The topological polar surface area (TPSA) is 67.0 Å². The van der Waals surface area contributed by atoms with Gasteiger partial charge in [0.2, 0.25) is 0 Å². The first-order chi connectivity index (χ1) is 6.31. The Labute approximate surface area is 75.5 Å². The van der Waals surface area contributed by atoms with Crippen molar-refractivity contribution in [1.82, 2.24) is 15.3 Å². The number of nitrogens with one attached hydrogen (secondary N) is 2. The van der Waals surface area contributed by atoms with Crippen molar-refractivity contribution in [3.8, 4) is 0 Å². The number of hydrogen-bond donors (Lipinski definition) is 2. The number of H-pyrrole nitrogens is 1. The van der Waals surface area contributed by atoms with Crippen LogP contribution in [0.4, 0.5) is 0 Å². The van der Waals surface area contributed by atoms with Crippen LogP contribution in [0.2, 0.25) is 0 Å². The molecule has 0 aromatic carbocycles. The number of aromatic amines is 1. The van der Waals surface area contributed by atoms with E-state index in [0.717, 1.165) is 11.4 Å². The summed E-state index contributed by atoms with van der Waals surface area (Å²) in [4.78, 5) is 18.3. The summed E-state index contributed by atoms with van der Waals surface area (Å²) in [6.45, 7) is 0.648. The Hall–Kier alpha value is -1.36. The highest BCUT2D eigenvalue weighted by atomic mass is 16.5. The molecule has 5 heteroatoms. The lowest BCUT2D eigenvalue weighted by Gasteiger charge is -2.20. The molecule has 2 heterocycles. The summed E-state index contributed by atoms with van der Waals surface area (Å²) in [6, 6.07) is -0.249. The number of imidazole rings is 1. The summed E-state index contributed by atoms with van der Waals surface area (Å²) in [6.07, 6.45) is 2.25. The van der Waals surface area contributed by atoms with Crippen LogP contribution in [-0.2, 0) is 22.5 Å². The molecule has 2 rings (SSSR count). The maximum absolute atomic E-state index is 11.2. The number of rotatable bonds is 1. The zero-order valence-corrected chi connectivity index (χ0v) is 7.33. The zero-order chi connectivity index (χ0) is 9.26. The molecular formula is C8H11N3O2. The van der Waals surface area contributed by atoms with E-state index < -0.39 is 0 Å². The molecule has 0 saturated carbocycles. The average Bonchev–Trinajstić information content (AvgIpc) is 2.63. The third-order valence-electron chi connectivity index (χ3n) is 2.22. The number of carbonyl (C=O) groups excluding carboxylic acids is 1. The van der Waals surface area contributed by atoms with Gasteiger partial charge in [0.1, 0.15) is 6.04 Å². The van der Waals surface area contributed by atoms with Crippen LogP contribution in [0.25, 0.3) is 0 Å². The van der Waals surface area contributed by atoms with Gasteiger partial charge >= 0.3 is 5.97 Å². The van der Waals surface area contributed by atoms with Gasteiger partial charge in [-0.3, -0.25) is 10.1 Å². The second-order valence-electron chi connectivity index (χ2n) is 2.99. The molecule has 13 heavy (non-hydrogen) atoms. The fraction of sp³-hybridized carbons (Fsp3) is 0.500. The minimum Gasteiger partial charge on any atom is -0.468 e. The van der Waals surface area contributed by atoms with E-state index in [1.165, 1.54) is 7.11 Å². The smallest absolute Gasteiger partial charge is 0.323 e. The molecule has 2 N–H and O–H groups in total. The maximum atomic E-state index is 11.2. The number of fused-ring (bicyclic) bond motifs is 1. The fourth-order valence-corrected chi connectivity index (χ4v) is 1.48. The van der Waals surface area contributed by atoms with Crippen molar-refractivity contribution in [3.63, 3.8) is 0 Å². The molecule has 1 aromatic heterocycles. The molecule has 0 radical (unpaired) electrons. The van der Waals surface area contributed by atoms with E-state index in [0.29, 0.717) is 13.0 Å². The number of hydrogen-bond acceptors (Lipinski definition) is 4. The van der Waals surface area contributed by atoms with Gasteiger partial charge in [-0.2, -0.15) is 0 Å². The van der Waals surface area contributed by atoms with Gasteiger partial charge in [0.05, 0.1) is 24.8 Å². The molecule has 0 bridgehead atoms. The molecule has 1 unspecified atom stereocenters. The molecule has 5 nitrogen and oxygen atoms in total. The lowest BCUT2D eigenvalue weighted by atomic mass is 10.1. The molecule has 0 aliphatic carbocycles. The van der Waals surface area contributed by atoms with Crippen LogP contribution in [-0.4, -0.2) is 29.1 Å². The van der Waals surface area contributed by atoms with Gasteiger partial charge in [-0.15, -0.1) is 0 Å². The number of carbonyl (C=O) groups is 1. The van der Waals surface area contributed by atoms with Crippen LogP contribution < -0.4 is 5.32 Å². The first-order valence-corrected chi connectivity index (χ1v) is 4.13. The Morgan fingerprint density at radius 2 is 2.62 bits per heavy atom. The van der Waals surface area contributed by atoms with Crippen LogP contribution >= 0.6 is 0 Å². The van der Waals surface area contributed by atoms with Gasteiger partial charge in [-0.25, -0.2) is 4.98 Å². The second kappa shape index (κ2) is 3.18. The van der Waals surface area contributed by atoms with Crippen molar-refractivity contribution >= 4 is 5.97 Å². The maximum Gasteiger partial charge on any atom is 0.323 e.